The average Bonchev–Trinajstić information content (AvgIpc) is 3.29. The number of nitrogens with zero attached hydrogens (tertiary/aromatic N) is 2. The van der Waals surface area contributed by atoms with Gasteiger partial charge in [0.1, 0.15) is 10.8 Å². The lowest BCUT2D eigenvalue weighted by Gasteiger charge is -2.08. The summed E-state index contributed by atoms with van der Waals surface area (Å²) in [6, 6.07) is 3.51. The largest absolute Gasteiger partial charge is 0.454 e. The Hall–Kier alpha value is -3.20. The van der Waals surface area contributed by atoms with Gasteiger partial charge in [-0.25, -0.2) is 4.79 Å². The van der Waals surface area contributed by atoms with Gasteiger partial charge in [0.15, 0.2) is 12.4 Å². The summed E-state index contributed by atoms with van der Waals surface area (Å²) >= 11 is 1.30. The van der Waals surface area contributed by atoms with E-state index in [0.29, 0.717) is 27.8 Å². The molecule has 8 nitrogen and oxygen atoms in total. The van der Waals surface area contributed by atoms with Crippen molar-refractivity contribution in [2.24, 2.45) is 0 Å². The molecule has 30 heavy (non-hydrogen) atoms. The van der Waals surface area contributed by atoms with Crippen LogP contribution in [-0.4, -0.2) is 34.0 Å². The van der Waals surface area contributed by atoms with Crippen molar-refractivity contribution < 1.29 is 23.6 Å². The molecule has 9 heteroatoms. The molecule has 3 aromatic heterocycles. The molecule has 0 aliphatic heterocycles. The predicted molar refractivity (Wildman–Crippen MR) is 113 cm³/mol. The second kappa shape index (κ2) is 8.27. The van der Waals surface area contributed by atoms with Gasteiger partial charge in [0.25, 0.3) is 0 Å². The monoisotopic (exact) mass is 429 g/mol. The molecular formula is C21H23N3O5S. The Labute approximate surface area is 177 Å². The molecule has 0 saturated carbocycles. The van der Waals surface area contributed by atoms with E-state index in [2.05, 4.69) is 10.5 Å². The van der Waals surface area contributed by atoms with Crippen molar-refractivity contribution >= 4 is 34.0 Å². The van der Waals surface area contributed by atoms with Crippen LogP contribution in [-0.2, 0) is 9.53 Å². The van der Waals surface area contributed by atoms with Gasteiger partial charge in [0, 0.05) is 34.8 Å². The molecule has 0 spiro atoms. The number of nitrogens with one attached hydrogen (secondary N) is 1. The number of Topliss-reactive ketones (excluding diaryl/α,β-unsaturated/α-hetero) is 1. The number of ether oxygens (including phenoxy) is 1. The number of ketones is 1. The Morgan fingerprint density at radius 3 is 2.47 bits per heavy atom. The SMILES string of the molecule is CC(=O)Nc1sc(C)c(C)c1C(=O)OCC(=O)c1cc(C)n(-c2cc(C)on2)c1C. The van der Waals surface area contributed by atoms with Gasteiger partial charge in [-0.05, 0) is 46.2 Å². The summed E-state index contributed by atoms with van der Waals surface area (Å²) in [6.45, 7) is 10.0. The highest BCUT2D eigenvalue weighted by Gasteiger charge is 2.24. The molecule has 0 unspecified atom stereocenters. The molecule has 3 rings (SSSR count). The highest BCUT2D eigenvalue weighted by molar-refractivity contribution is 7.16. The van der Waals surface area contributed by atoms with E-state index in [1.54, 1.807) is 32.9 Å². The van der Waals surface area contributed by atoms with E-state index in [1.807, 2.05) is 18.4 Å². The fraction of sp³-hybridized carbons (Fsp3) is 0.333. The van der Waals surface area contributed by atoms with Crippen LogP contribution in [0.3, 0.4) is 0 Å². The number of anilines is 1. The number of amides is 1. The topological polar surface area (TPSA) is 103 Å². The summed E-state index contributed by atoms with van der Waals surface area (Å²) in [6.07, 6.45) is 0. The van der Waals surface area contributed by atoms with Crippen molar-refractivity contribution in [2.75, 3.05) is 11.9 Å². The lowest BCUT2D eigenvalue weighted by atomic mass is 10.1. The molecule has 0 aromatic carbocycles. The molecule has 0 radical (unpaired) electrons. The van der Waals surface area contributed by atoms with E-state index in [0.717, 1.165) is 16.1 Å². The van der Waals surface area contributed by atoms with Crippen LogP contribution in [0.25, 0.3) is 5.82 Å². The maximum Gasteiger partial charge on any atom is 0.341 e. The molecule has 158 valence electrons. The number of carbonyl (C=O) groups excluding carboxylic acids is 3. The lowest BCUT2D eigenvalue weighted by Crippen LogP contribution is -2.17. The molecule has 0 bridgehead atoms. The fourth-order valence-electron chi connectivity index (χ4n) is 3.26. The summed E-state index contributed by atoms with van der Waals surface area (Å²) in [4.78, 5) is 37.7. The second-order valence-corrected chi connectivity index (χ2v) is 8.31. The highest BCUT2D eigenvalue weighted by Crippen LogP contribution is 2.33. The Kier molecular flexibility index (Phi) is 5.93. The zero-order valence-corrected chi connectivity index (χ0v) is 18.5. The summed E-state index contributed by atoms with van der Waals surface area (Å²) in [5.41, 5.74) is 2.95. The predicted octanol–water partition coefficient (Wildman–Crippen LogP) is 4.07. The molecule has 0 aliphatic rings. The van der Waals surface area contributed by atoms with Gasteiger partial charge in [0.05, 0.1) is 5.56 Å². The highest BCUT2D eigenvalue weighted by atomic mass is 32.1. The minimum Gasteiger partial charge on any atom is -0.454 e. The number of hydrogen-bond donors (Lipinski definition) is 1. The number of aromatic nitrogens is 2. The van der Waals surface area contributed by atoms with E-state index in [1.165, 1.54) is 18.3 Å². The zero-order valence-electron chi connectivity index (χ0n) is 17.7. The quantitative estimate of drug-likeness (QED) is 0.468. The number of thiophene rings is 1. The standard InChI is InChI=1S/C21H23N3O5S/c1-10-7-16(13(4)24(10)18-8-11(2)29-23-18)17(26)9-28-21(27)19-12(3)14(5)30-20(19)22-15(6)25/h7-8H,9H2,1-6H3,(H,22,25). The van der Waals surface area contributed by atoms with Gasteiger partial charge in [-0.2, -0.15) is 0 Å². The number of rotatable bonds is 6. The van der Waals surface area contributed by atoms with Crippen molar-refractivity contribution in [3.63, 3.8) is 0 Å². The van der Waals surface area contributed by atoms with Gasteiger partial charge in [-0.15, -0.1) is 11.3 Å². The van der Waals surface area contributed by atoms with Crippen molar-refractivity contribution in [3.8, 4) is 5.82 Å². The first-order chi connectivity index (χ1) is 14.1. The number of aryl methyl sites for hydroxylation is 3. The van der Waals surface area contributed by atoms with Gasteiger partial charge < -0.3 is 14.6 Å². The summed E-state index contributed by atoms with van der Waals surface area (Å²) in [5.74, 6) is -0.000958. The van der Waals surface area contributed by atoms with E-state index in [4.69, 9.17) is 9.26 Å². The van der Waals surface area contributed by atoms with Crippen LogP contribution >= 0.6 is 11.3 Å². The maximum absolute atomic E-state index is 12.8. The van der Waals surface area contributed by atoms with Gasteiger partial charge in [0.2, 0.25) is 11.7 Å². The summed E-state index contributed by atoms with van der Waals surface area (Å²) in [7, 11) is 0. The number of esters is 1. The number of hydrogen-bond acceptors (Lipinski definition) is 7. The maximum atomic E-state index is 12.8. The zero-order chi connectivity index (χ0) is 22.2. The van der Waals surface area contributed by atoms with Gasteiger partial charge in [-0.1, -0.05) is 5.16 Å². The first-order valence-corrected chi connectivity index (χ1v) is 10.1. The van der Waals surface area contributed by atoms with Crippen molar-refractivity contribution in [1.82, 2.24) is 9.72 Å². The minimum atomic E-state index is -0.644. The molecule has 3 aromatic rings. The van der Waals surface area contributed by atoms with E-state index >= 15 is 0 Å². The first-order valence-electron chi connectivity index (χ1n) is 9.30. The van der Waals surface area contributed by atoms with Crippen molar-refractivity contribution in [1.29, 1.82) is 0 Å². The first kappa shape index (κ1) is 21.5. The van der Waals surface area contributed by atoms with E-state index in [-0.39, 0.29) is 17.3 Å². The average molecular weight is 429 g/mol. The van der Waals surface area contributed by atoms with Crippen LogP contribution in [0, 0.1) is 34.6 Å². The smallest absolute Gasteiger partial charge is 0.341 e. The minimum absolute atomic E-state index is 0.281. The van der Waals surface area contributed by atoms with Crippen LogP contribution in [0.5, 0.6) is 0 Å². The Morgan fingerprint density at radius 2 is 1.87 bits per heavy atom. The van der Waals surface area contributed by atoms with Gasteiger partial charge >= 0.3 is 5.97 Å². The lowest BCUT2D eigenvalue weighted by molar-refractivity contribution is -0.114. The van der Waals surface area contributed by atoms with Crippen LogP contribution in [0.4, 0.5) is 5.00 Å². The fourth-order valence-corrected chi connectivity index (χ4v) is 4.35. The molecule has 1 N–H and O–H groups in total. The van der Waals surface area contributed by atoms with Crippen molar-refractivity contribution in [2.45, 2.75) is 41.5 Å². The Bertz CT molecular complexity index is 1150. The van der Waals surface area contributed by atoms with Crippen LogP contribution in [0.1, 0.15) is 55.2 Å². The van der Waals surface area contributed by atoms with E-state index in [9.17, 15) is 14.4 Å². The molecule has 0 aliphatic carbocycles. The number of carbonyl (C=O) groups is 3. The third kappa shape index (κ3) is 4.06. The molecule has 0 atom stereocenters. The summed E-state index contributed by atoms with van der Waals surface area (Å²) < 4.78 is 12.2. The second-order valence-electron chi connectivity index (χ2n) is 7.08. The third-order valence-electron chi connectivity index (χ3n) is 4.79. The van der Waals surface area contributed by atoms with Crippen molar-refractivity contribution in [3.05, 3.63) is 50.8 Å². The molecule has 0 saturated heterocycles. The van der Waals surface area contributed by atoms with Crippen LogP contribution < -0.4 is 5.32 Å². The molecular weight excluding hydrogens is 406 g/mol. The van der Waals surface area contributed by atoms with E-state index < -0.39 is 12.6 Å². The molecule has 1 amide bonds. The molecule has 3 heterocycles. The molecule has 0 fully saturated rings. The normalized spacial score (nSPS) is 10.9. The van der Waals surface area contributed by atoms with Crippen LogP contribution in [0.15, 0.2) is 16.7 Å². The summed E-state index contributed by atoms with van der Waals surface area (Å²) in [5, 5.41) is 7.07. The third-order valence-corrected chi connectivity index (χ3v) is 5.91. The Balaban J connectivity index is 1.79. The van der Waals surface area contributed by atoms with Crippen LogP contribution in [0.2, 0.25) is 0 Å². The Morgan fingerprint density at radius 1 is 1.17 bits per heavy atom. The van der Waals surface area contributed by atoms with Gasteiger partial charge in [-0.3, -0.25) is 14.2 Å².